The molecule has 100 valence electrons. The first-order chi connectivity index (χ1) is 8.97. The molecule has 0 atom stereocenters. The fourth-order valence-corrected chi connectivity index (χ4v) is 2.45. The summed E-state index contributed by atoms with van der Waals surface area (Å²) in [5, 5.41) is 4.49. The smallest absolute Gasteiger partial charge is 0.181 e. The molecule has 0 saturated carbocycles. The molecule has 0 unspecified atom stereocenters. The number of hydrogen-bond acceptors (Lipinski definition) is 2. The van der Waals surface area contributed by atoms with Crippen molar-refractivity contribution in [3.63, 3.8) is 0 Å². The van der Waals surface area contributed by atoms with E-state index < -0.39 is 0 Å². The van der Waals surface area contributed by atoms with Gasteiger partial charge in [0.25, 0.3) is 0 Å². The van der Waals surface area contributed by atoms with Gasteiger partial charge in [-0.25, -0.2) is 4.68 Å². The predicted molar refractivity (Wildman–Crippen MR) is 77.6 cm³/mol. The van der Waals surface area contributed by atoms with Gasteiger partial charge in [-0.05, 0) is 44.9 Å². The summed E-state index contributed by atoms with van der Waals surface area (Å²) in [5.74, 6) is -0.0894. The Bertz CT molecular complexity index is 644. The van der Waals surface area contributed by atoms with Crippen LogP contribution in [0.2, 0.25) is 0 Å². The number of ketones is 1. The minimum Gasteiger partial charge on any atom is -0.293 e. The van der Waals surface area contributed by atoms with Crippen LogP contribution in [0.4, 0.5) is 0 Å². The van der Waals surface area contributed by atoms with Crippen molar-refractivity contribution >= 4 is 17.4 Å². The van der Waals surface area contributed by atoms with Crippen LogP contribution in [-0.2, 0) is 0 Å². The summed E-state index contributed by atoms with van der Waals surface area (Å²) in [6.45, 7) is 7.87. The summed E-state index contributed by atoms with van der Waals surface area (Å²) in [5.41, 5.74) is 5.58. The van der Waals surface area contributed by atoms with Gasteiger partial charge in [0.15, 0.2) is 5.78 Å². The number of benzene rings is 1. The lowest BCUT2D eigenvalue weighted by molar-refractivity contribution is 0.102. The fraction of sp³-hybridized carbons (Fsp3) is 0.333. The number of aryl methyl sites for hydroxylation is 2. The van der Waals surface area contributed by atoms with Crippen molar-refractivity contribution in [2.24, 2.45) is 0 Å². The predicted octanol–water partition coefficient (Wildman–Crippen LogP) is 3.53. The highest BCUT2D eigenvalue weighted by atomic mass is 35.5. The maximum absolute atomic E-state index is 11.9. The number of Topliss-reactive ketones (excluding diaryl/α,β-unsaturated/α-hetero) is 1. The van der Waals surface area contributed by atoms with Crippen molar-refractivity contribution in [1.82, 2.24) is 9.78 Å². The third kappa shape index (κ3) is 2.30. The molecule has 0 saturated heterocycles. The van der Waals surface area contributed by atoms with E-state index >= 15 is 0 Å². The number of carbonyl (C=O) groups excluding carboxylic acids is 1. The molecule has 0 radical (unpaired) electrons. The minimum atomic E-state index is -0.0757. The quantitative estimate of drug-likeness (QED) is 0.635. The first-order valence-electron chi connectivity index (χ1n) is 6.19. The van der Waals surface area contributed by atoms with Crippen LogP contribution < -0.4 is 0 Å². The van der Waals surface area contributed by atoms with Gasteiger partial charge in [-0.1, -0.05) is 12.1 Å². The van der Waals surface area contributed by atoms with Crippen LogP contribution in [0.5, 0.6) is 0 Å². The van der Waals surface area contributed by atoms with Crippen LogP contribution >= 0.6 is 11.6 Å². The number of aromatic nitrogens is 2. The molecule has 0 bridgehead atoms. The van der Waals surface area contributed by atoms with Crippen molar-refractivity contribution in [2.75, 3.05) is 5.88 Å². The first-order valence-corrected chi connectivity index (χ1v) is 6.72. The second kappa shape index (κ2) is 5.17. The zero-order valence-electron chi connectivity index (χ0n) is 11.6. The van der Waals surface area contributed by atoms with Gasteiger partial charge in [-0.3, -0.25) is 4.79 Å². The molecular formula is C15H17ClN2O. The van der Waals surface area contributed by atoms with E-state index in [-0.39, 0.29) is 11.7 Å². The first kappa shape index (κ1) is 13.8. The third-order valence-electron chi connectivity index (χ3n) is 3.50. The van der Waals surface area contributed by atoms with Gasteiger partial charge in [-0.2, -0.15) is 5.10 Å². The second-order valence-corrected chi connectivity index (χ2v) is 5.00. The molecule has 1 aromatic carbocycles. The zero-order valence-corrected chi connectivity index (χ0v) is 12.4. The Morgan fingerprint density at radius 3 is 2.58 bits per heavy atom. The average molecular weight is 277 g/mol. The minimum absolute atomic E-state index is 0.0137. The number of nitrogens with zero attached hydrogens (tertiary/aromatic N) is 2. The summed E-state index contributed by atoms with van der Waals surface area (Å²) in [4.78, 5) is 11.9. The van der Waals surface area contributed by atoms with Gasteiger partial charge in [-0.15, -0.1) is 11.6 Å². The maximum Gasteiger partial charge on any atom is 0.181 e. The van der Waals surface area contributed by atoms with Gasteiger partial charge in [0.05, 0.1) is 28.5 Å². The largest absolute Gasteiger partial charge is 0.293 e. The molecule has 2 aromatic rings. The van der Waals surface area contributed by atoms with E-state index in [0.29, 0.717) is 5.56 Å². The molecule has 4 heteroatoms. The van der Waals surface area contributed by atoms with Crippen molar-refractivity contribution in [3.8, 4) is 5.69 Å². The summed E-state index contributed by atoms with van der Waals surface area (Å²) < 4.78 is 1.83. The van der Waals surface area contributed by atoms with Gasteiger partial charge in [0.2, 0.25) is 0 Å². The van der Waals surface area contributed by atoms with Crippen molar-refractivity contribution < 1.29 is 4.79 Å². The summed E-state index contributed by atoms with van der Waals surface area (Å²) in [6.07, 6.45) is 0. The number of hydrogen-bond donors (Lipinski definition) is 0. The Hall–Kier alpha value is -1.61. The Balaban J connectivity index is 2.65. The van der Waals surface area contributed by atoms with Crippen molar-refractivity contribution in [2.45, 2.75) is 27.7 Å². The fourth-order valence-electron chi connectivity index (χ4n) is 2.31. The standard InChI is InChI=1S/C15H17ClN2O/c1-9-6-5-7-13(10(9)2)18-12(4)15(11(3)17-18)14(19)8-16/h5-7H,8H2,1-4H3. The van der Waals surface area contributed by atoms with E-state index in [1.54, 1.807) is 0 Å². The molecule has 0 aliphatic heterocycles. The highest BCUT2D eigenvalue weighted by Gasteiger charge is 2.19. The maximum atomic E-state index is 11.9. The second-order valence-electron chi connectivity index (χ2n) is 4.73. The lowest BCUT2D eigenvalue weighted by Gasteiger charge is -2.10. The molecule has 0 N–H and O–H groups in total. The van der Waals surface area contributed by atoms with Crippen molar-refractivity contribution in [3.05, 3.63) is 46.3 Å². The van der Waals surface area contributed by atoms with Crippen LogP contribution in [0, 0.1) is 27.7 Å². The topological polar surface area (TPSA) is 34.9 Å². The molecule has 3 nitrogen and oxygen atoms in total. The van der Waals surface area contributed by atoms with E-state index in [2.05, 4.69) is 25.0 Å². The molecule has 0 fully saturated rings. The Kier molecular flexibility index (Phi) is 3.76. The molecule has 0 aliphatic rings. The average Bonchev–Trinajstić information content (AvgIpc) is 2.67. The van der Waals surface area contributed by atoms with Crippen LogP contribution in [0.1, 0.15) is 32.9 Å². The molecule has 1 aromatic heterocycles. The SMILES string of the molecule is Cc1cccc(-n2nc(C)c(C(=O)CCl)c2C)c1C. The third-order valence-corrected chi connectivity index (χ3v) is 3.74. The molecule has 0 amide bonds. The Morgan fingerprint density at radius 1 is 1.26 bits per heavy atom. The van der Waals surface area contributed by atoms with Crippen LogP contribution in [0.15, 0.2) is 18.2 Å². The van der Waals surface area contributed by atoms with Gasteiger partial charge < -0.3 is 0 Å². The van der Waals surface area contributed by atoms with Gasteiger partial charge >= 0.3 is 0 Å². The number of alkyl halides is 1. The summed E-state index contributed by atoms with van der Waals surface area (Å²) >= 11 is 5.66. The summed E-state index contributed by atoms with van der Waals surface area (Å²) in [7, 11) is 0. The summed E-state index contributed by atoms with van der Waals surface area (Å²) in [6, 6.07) is 6.07. The Labute approximate surface area is 118 Å². The molecular weight excluding hydrogens is 260 g/mol. The highest BCUT2D eigenvalue weighted by molar-refractivity contribution is 6.30. The zero-order chi connectivity index (χ0) is 14.2. The van der Waals surface area contributed by atoms with Crippen LogP contribution in [0.25, 0.3) is 5.69 Å². The monoisotopic (exact) mass is 276 g/mol. The number of halogens is 1. The van der Waals surface area contributed by atoms with E-state index in [0.717, 1.165) is 22.6 Å². The number of carbonyl (C=O) groups is 1. The Morgan fingerprint density at radius 2 is 1.95 bits per heavy atom. The molecule has 0 aliphatic carbocycles. The normalized spacial score (nSPS) is 10.8. The van der Waals surface area contributed by atoms with E-state index in [1.807, 2.05) is 30.7 Å². The molecule has 2 rings (SSSR count). The molecule has 0 spiro atoms. The lowest BCUT2D eigenvalue weighted by atomic mass is 10.1. The molecule has 19 heavy (non-hydrogen) atoms. The van der Waals surface area contributed by atoms with E-state index in [1.165, 1.54) is 5.56 Å². The number of rotatable bonds is 3. The van der Waals surface area contributed by atoms with Gasteiger partial charge in [0, 0.05) is 0 Å². The van der Waals surface area contributed by atoms with Gasteiger partial charge in [0.1, 0.15) is 0 Å². The van der Waals surface area contributed by atoms with E-state index in [9.17, 15) is 4.79 Å². The van der Waals surface area contributed by atoms with E-state index in [4.69, 9.17) is 11.6 Å². The lowest BCUT2D eigenvalue weighted by Crippen LogP contribution is -2.06. The molecule has 1 heterocycles. The van der Waals surface area contributed by atoms with Crippen LogP contribution in [0.3, 0.4) is 0 Å². The van der Waals surface area contributed by atoms with Crippen LogP contribution in [-0.4, -0.2) is 21.4 Å². The van der Waals surface area contributed by atoms with Crippen molar-refractivity contribution in [1.29, 1.82) is 0 Å². The highest BCUT2D eigenvalue weighted by Crippen LogP contribution is 2.22.